The molecule has 0 fully saturated rings. The molecule has 1 heterocycles. The minimum Gasteiger partial charge on any atom is -0.481 e. The Morgan fingerprint density at radius 1 is 1.53 bits per heavy atom. The number of hydrogen-bond donors (Lipinski definition) is 1. The molecule has 0 radical (unpaired) electrons. The van der Waals surface area contributed by atoms with Crippen molar-refractivity contribution in [3.63, 3.8) is 0 Å². The zero-order valence-electron chi connectivity index (χ0n) is 9.05. The Morgan fingerprint density at radius 3 is 2.73 bits per heavy atom. The van der Waals surface area contributed by atoms with Crippen molar-refractivity contribution in [1.29, 1.82) is 0 Å². The van der Waals surface area contributed by atoms with E-state index in [4.69, 9.17) is 4.74 Å². The Balaban J connectivity index is 2.67. The summed E-state index contributed by atoms with van der Waals surface area (Å²) >= 11 is 0. The first-order valence-corrected chi connectivity index (χ1v) is 4.61. The van der Waals surface area contributed by atoms with Crippen LogP contribution in [0.15, 0.2) is 0 Å². The molecular formula is C9H15F2N3O. The minimum atomic E-state index is -2.34. The number of ether oxygens (including phenoxy) is 1. The van der Waals surface area contributed by atoms with Gasteiger partial charge in [0.25, 0.3) is 6.43 Å². The van der Waals surface area contributed by atoms with Crippen molar-refractivity contribution in [2.24, 2.45) is 7.05 Å². The summed E-state index contributed by atoms with van der Waals surface area (Å²) < 4.78 is 30.5. The molecule has 0 aliphatic rings. The van der Waals surface area contributed by atoms with Crippen LogP contribution in [0.4, 0.5) is 8.78 Å². The molecule has 0 saturated heterocycles. The van der Waals surface area contributed by atoms with Gasteiger partial charge in [-0.25, -0.2) is 13.5 Å². The normalized spacial score (nSPS) is 11.1. The number of nitrogens with one attached hydrogen (secondary N) is 1. The van der Waals surface area contributed by atoms with Crippen LogP contribution in [0.3, 0.4) is 0 Å². The lowest BCUT2D eigenvalue weighted by Gasteiger charge is -2.06. The summed E-state index contributed by atoms with van der Waals surface area (Å²) in [7, 11) is 3.29. The first-order valence-electron chi connectivity index (χ1n) is 4.61. The fourth-order valence-corrected chi connectivity index (χ4v) is 1.45. The summed E-state index contributed by atoms with van der Waals surface area (Å²) in [4.78, 5) is 0. The molecule has 0 spiro atoms. The summed E-state index contributed by atoms with van der Waals surface area (Å²) in [5, 5.41) is 6.79. The molecule has 0 amide bonds. The molecule has 0 bridgehead atoms. The summed E-state index contributed by atoms with van der Waals surface area (Å²) in [6.45, 7) is 1.84. The monoisotopic (exact) mass is 219 g/mol. The number of aromatic nitrogens is 2. The second kappa shape index (κ2) is 5.06. The number of alkyl halides is 2. The van der Waals surface area contributed by atoms with Crippen molar-refractivity contribution in [2.75, 3.05) is 13.7 Å². The van der Waals surface area contributed by atoms with Crippen LogP contribution in [0.2, 0.25) is 0 Å². The summed E-state index contributed by atoms with van der Waals surface area (Å²) in [6.07, 6.45) is -2.34. The first-order chi connectivity index (χ1) is 7.06. The van der Waals surface area contributed by atoms with Gasteiger partial charge in [-0.3, -0.25) is 0 Å². The van der Waals surface area contributed by atoms with Gasteiger partial charge in [-0.15, -0.1) is 0 Å². The molecule has 1 aromatic heterocycles. The highest BCUT2D eigenvalue weighted by atomic mass is 19.3. The number of hydrogen-bond acceptors (Lipinski definition) is 3. The lowest BCUT2D eigenvalue weighted by atomic mass is 10.2. The minimum absolute atomic E-state index is 0.322. The smallest absolute Gasteiger partial charge is 0.250 e. The number of methoxy groups -OCH3 is 1. The van der Waals surface area contributed by atoms with E-state index in [1.807, 2.05) is 6.92 Å². The molecule has 0 atom stereocenters. The van der Waals surface area contributed by atoms with Crippen LogP contribution in [0, 0.1) is 6.92 Å². The topological polar surface area (TPSA) is 39.1 Å². The Labute approximate surface area is 87.2 Å². The van der Waals surface area contributed by atoms with E-state index >= 15 is 0 Å². The van der Waals surface area contributed by atoms with Crippen molar-refractivity contribution in [2.45, 2.75) is 19.9 Å². The van der Waals surface area contributed by atoms with Gasteiger partial charge in [0.2, 0.25) is 5.88 Å². The molecular weight excluding hydrogens is 204 g/mol. The van der Waals surface area contributed by atoms with Gasteiger partial charge in [-0.05, 0) is 6.92 Å². The molecule has 0 unspecified atom stereocenters. The lowest BCUT2D eigenvalue weighted by Crippen LogP contribution is -2.21. The molecule has 4 nitrogen and oxygen atoms in total. The van der Waals surface area contributed by atoms with E-state index in [1.54, 1.807) is 11.7 Å². The fourth-order valence-electron chi connectivity index (χ4n) is 1.45. The van der Waals surface area contributed by atoms with Gasteiger partial charge in [0.1, 0.15) is 0 Å². The van der Waals surface area contributed by atoms with Crippen molar-refractivity contribution in [3.8, 4) is 5.88 Å². The molecule has 0 aromatic carbocycles. The molecule has 1 aromatic rings. The quantitative estimate of drug-likeness (QED) is 0.805. The fraction of sp³-hybridized carbons (Fsp3) is 0.667. The third kappa shape index (κ3) is 2.89. The van der Waals surface area contributed by atoms with Crippen LogP contribution >= 0.6 is 0 Å². The molecule has 0 aliphatic heterocycles. The van der Waals surface area contributed by atoms with Gasteiger partial charge in [0.05, 0.1) is 24.9 Å². The molecule has 86 valence electrons. The van der Waals surface area contributed by atoms with Crippen molar-refractivity contribution < 1.29 is 13.5 Å². The summed E-state index contributed by atoms with van der Waals surface area (Å²) in [5.74, 6) is 0.606. The second-order valence-corrected chi connectivity index (χ2v) is 3.22. The molecule has 1 N–H and O–H groups in total. The molecule has 1 rings (SSSR count). The number of halogens is 2. The van der Waals surface area contributed by atoms with E-state index in [1.165, 1.54) is 7.11 Å². The molecule has 6 heteroatoms. The lowest BCUT2D eigenvalue weighted by molar-refractivity contribution is 0.145. The average molecular weight is 219 g/mol. The number of rotatable bonds is 5. The first kappa shape index (κ1) is 11.9. The van der Waals surface area contributed by atoms with Crippen molar-refractivity contribution in [3.05, 3.63) is 11.3 Å². The van der Waals surface area contributed by atoms with Crippen LogP contribution in [-0.2, 0) is 13.6 Å². The van der Waals surface area contributed by atoms with Crippen LogP contribution in [-0.4, -0.2) is 29.9 Å². The maximum absolute atomic E-state index is 11.9. The standard InChI is InChI=1S/C9H15F2N3O/c1-6-7(4-12-5-8(10)11)9(15-3)14(2)13-6/h8,12H,4-5H2,1-3H3. The predicted octanol–water partition coefficient (Wildman–Crippen LogP) is 1.09. The molecule has 0 saturated carbocycles. The highest BCUT2D eigenvalue weighted by Crippen LogP contribution is 2.20. The zero-order valence-corrected chi connectivity index (χ0v) is 9.05. The SMILES string of the molecule is COc1c(CNCC(F)F)c(C)nn1C. The van der Waals surface area contributed by atoms with E-state index in [9.17, 15) is 8.78 Å². The Hall–Kier alpha value is -1.17. The maximum Gasteiger partial charge on any atom is 0.250 e. The second-order valence-electron chi connectivity index (χ2n) is 3.22. The van der Waals surface area contributed by atoms with E-state index in [-0.39, 0.29) is 6.54 Å². The average Bonchev–Trinajstić information content (AvgIpc) is 2.41. The van der Waals surface area contributed by atoms with Crippen LogP contribution in [0.25, 0.3) is 0 Å². The Morgan fingerprint density at radius 2 is 2.20 bits per heavy atom. The zero-order chi connectivity index (χ0) is 11.4. The maximum atomic E-state index is 11.9. The Kier molecular flexibility index (Phi) is 4.02. The van der Waals surface area contributed by atoms with Gasteiger partial charge in [-0.1, -0.05) is 0 Å². The van der Waals surface area contributed by atoms with Crippen molar-refractivity contribution in [1.82, 2.24) is 15.1 Å². The third-order valence-electron chi connectivity index (χ3n) is 2.08. The van der Waals surface area contributed by atoms with Gasteiger partial charge in [0.15, 0.2) is 0 Å². The van der Waals surface area contributed by atoms with Gasteiger partial charge in [-0.2, -0.15) is 5.10 Å². The summed E-state index contributed by atoms with van der Waals surface area (Å²) in [6, 6.07) is 0. The van der Waals surface area contributed by atoms with E-state index in [0.29, 0.717) is 12.4 Å². The Bertz CT molecular complexity index is 325. The van der Waals surface area contributed by atoms with E-state index < -0.39 is 6.43 Å². The van der Waals surface area contributed by atoms with Gasteiger partial charge in [0, 0.05) is 13.6 Å². The van der Waals surface area contributed by atoms with Crippen LogP contribution in [0.1, 0.15) is 11.3 Å². The highest BCUT2D eigenvalue weighted by Gasteiger charge is 2.13. The predicted molar refractivity (Wildman–Crippen MR) is 52.2 cm³/mol. The number of nitrogens with zero attached hydrogens (tertiary/aromatic N) is 2. The van der Waals surface area contributed by atoms with Gasteiger partial charge < -0.3 is 10.1 Å². The number of aryl methyl sites for hydroxylation is 2. The molecule has 15 heavy (non-hydrogen) atoms. The largest absolute Gasteiger partial charge is 0.481 e. The summed E-state index contributed by atoms with van der Waals surface area (Å²) in [5.41, 5.74) is 1.61. The highest BCUT2D eigenvalue weighted by molar-refractivity contribution is 5.30. The van der Waals surface area contributed by atoms with Crippen molar-refractivity contribution >= 4 is 0 Å². The van der Waals surface area contributed by atoms with Gasteiger partial charge >= 0.3 is 0 Å². The van der Waals surface area contributed by atoms with E-state index in [0.717, 1.165) is 11.3 Å². The van der Waals surface area contributed by atoms with E-state index in [2.05, 4.69) is 10.4 Å². The molecule has 0 aliphatic carbocycles. The van der Waals surface area contributed by atoms with Crippen LogP contribution in [0.5, 0.6) is 5.88 Å². The third-order valence-corrected chi connectivity index (χ3v) is 2.08. The van der Waals surface area contributed by atoms with Crippen LogP contribution < -0.4 is 10.1 Å².